The van der Waals surface area contributed by atoms with E-state index in [-0.39, 0.29) is 5.79 Å². The highest BCUT2D eigenvalue weighted by Crippen LogP contribution is 2.36. The van der Waals surface area contributed by atoms with Crippen LogP contribution in [0.15, 0.2) is 30.5 Å². The molecule has 2 aliphatic rings. The fourth-order valence-corrected chi connectivity index (χ4v) is 3.06. The largest absolute Gasteiger partial charge is 0.347 e. The summed E-state index contributed by atoms with van der Waals surface area (Å²) < 4.78 is 13.9. The van der Waals surface area contributed by atoms with E-state index < -0.39 is 0 Å². The molecule has 0 amide bonds. The first-order chi connectivity index (χ1) is 8.36. The lowest BCUT2D eigenvalue weighted by Gasteiger charge is -2.31. The summed E-state index contributed by atoms with van der Waals surface area (Å²) in [6, 6.07) is 8.60. The van der Waals surface area contributed by atoms with E-state index in [1.165, 1.54) is 16.8 Å². The van der Waals surface area contributed by atoms with Crippen LogP contribution in [-0.2, 0) is 22.3 Å². The standard InChI is InChI=1S/C14H15NO2/c1-2-6-15-12(3-1)9-11-4-5-14(10-13(11)15)16-7-8-17-14/h1-3,6,9H,4-5,7-8,10H2. The molecule has 1 aliphatic heterocycles. The third kappa shape index (κ3) is 1.36. The molecule has 0 aromatic carbocycles. The van der Waals surface area contributed by atoms with Crippen molar-refractivity contribution in [3.05, 3.63) is 41.7 Å². The smallest absolute Gasteiger partial charge is 0.174 e. The van der Waals surface area contributed by atoms with Crippen molar-refractivity contribution >= 4 is 5.52 Å². The summed E-state index contributed by atoms with van der Waals surface area (Å²) in [4.78, 5) is 0. The molecule has 3 heterocycles. The van der Waals surface area contributed by atoms with Gasteiger partial charge in [0.2, 0.25) is 0 Å². The molecule has 1 saturated heterocycles. The summed E-state index contributed by atoms with van der Waals surface area (Å²) in [7, 11) is 0. The molecule has 0 unspecified atom stereocenters. The first kappa shape index (κ1) is 9.68. The Labute approximate surface area is 100.0 Å². The predicted molar refractivity (Wildman–Crippen MR) is 64.1 cm³/mol. The van der Waals surface area contributed by atoms with Crippen LogP contribution in [0.2, 0.25) is 0 Å². The van der Waals surface area contributed by atoms with Crippen LogP contribution in [0, 0.1) is 0 Å². The summed E-state index contributed by atoms with van der Waals surface area (Å²) in [5.74, 6) is -0.336. The van der Waals surface area contributed by atoms with Crippen molar-refractivity contribution < 1.29 is 9.47 Å². The van der Waals surface area contributed by atoms with Gasteiger partial charge in [0.1, 0.15) is 0 Å². The Hall–Kier alpha value is -1.32. The molecular formula is C14H15NO2. The second-order valence-electron chi connectivity index (χ2n) is 4.90. The molecule has 3 nitrogen and oxygen atoms in total. The Bertz CT molecular complexity index is 567. The first-order valence-electron chi connectivity index (χ1n) is 6.22. The number of fused-ring (bicyclic) bond motifs is 3. The zero-order chi connectivity index (χ0) is 11.3. The van der Waals surface area contributed by atoms with Crippen molar-refractivity contribution in [1.29, 1.82) is 0 Å². The van der Waals surface area contributed by atoms with Gasteiger partial charge in [0.25, 0.3) is 0 Å². The maximum atomic E-state index is 5.82. The average molecular weight is 229 g/mol. The van der Waals surface area contributed by atoms with Gasteiger partial charge >= 0.3 is 0 Å². The van der Waals surface area contributed by atoms with E-state index >= 15 is 0 Å². The molecule has 0 radical (unpaired) electrons. The summed E-state index contributed by atoms with van der Waals surface area (Å²) in [6.07, 6.45) is 5.04. The molecule has 1 spiro atoms. The minimum absolute atomic E-state index is 0.336. The predicted octanol–water partition coefficient (Wildman–Crippen LogP) is 2.17. The Morgan fingerprint density at radius 1 is 1.18 bits per heavy atom. The number of hydrogen-bond acceptors (Lipinski definition) is 2. The van der Waals surface area contributed by atoms with Crippen LogP contribution in [0.25, 0.3) is 5.52 Å². The molecule has 0 saturated carbocycles. The number of hydrogen-bond donors (Lipinski definition) is 0. The lowest BCUT2D eigenvalue weighted by molar-refractivity contribution is -0.164. The van der Waals surface area contributed by atoms with Gasteiger partial charge in [0.15, 0.2) is 5.79 Å². The van der Waals surface area contributed by atoms with Crippen LogP contribution in [0.3, 0.4) is 0 Å². The maximum absolute atomic E-state index is 5.82. The average Bonchev–Trinajstić information content (AvgIpc) is 2.95. The zero-order valence-corrected chi connectivity index (χ0v) is 9.69. The SMILES string of the molecule is c1ccn2c3c(cc2c1)CCC1(C3)OCCO1. The maximum Gasteiger partial charge on any atom is 0.174 e. The molecule has 2 aromatic heterocycles. The summed E-state index contributed by atoms with van der Waals surface area (Å²) in [5.41, 5.74) is 4.07. The van der Waals surface area contributed by atoms with Crippen LogP contribution in [0.5, 0.6) is 0 Å². The van der Waals surface area contributed by atoms with Crippen molar-refractivity contribution in [1.82, 2.24) is 4.40 Å². The highest BCUT2D eigenvalue weighted by atomic mass is 16.7. The topological polar surface area (TPSA) is 22.9 Å². The van der Waals surface area contributed by atoms with Crippen molar-refractivity contribution in [2.45, 2.75) is 25.0 Å². The molecule has 0 N–H and O–H groups in total. The van der Waals surface area contributed by atoms with Gasteiger partial charge in [-0.25, -0.2) is 0 Å². The van der Waals surface area contributed by atoms with E-state index in [2.05, 4.69) is 34.9 Å². The number of aromatic nitrogens is 1. The zero-order valence-electron chi connectivity index (χ0n) is 9.69. The molecule has 0 bridgehead atoms. The van der Waals surface area contributed by atoms with Gasteiger partial charge in [-0.2, -0.15) is 0 Å². The van der Waals surface area contributed by atoms with Crippen LogP contribution in [-0.4, -0.2) is 23.4 Å². The normalized spacial score (nSPS) is 22.1. The number of rotatable bonds is 0. The van der Waals surface area contributed by atoms with Crippen LogP contribution < -0.4 is 0 Å². The van der Waals surface area contributed by atoms with E-state index in [0.29, 0.717) is 0 Å². The summed E-state index contributed by atoms with van der Waals surface area (Å²) in [5, 5.41) is 0. The molecule has 4 rings (SSSR count). The second kappa shape index (κ2) is 3.34. The molecule has 17 heavy (non-hydrogen) atoms. The highest BCUT2D eigenvalue weighted by Gasteiger charge is 2.40. The van der Waals surface area contributed by atoms with E-state index in [9.17, 15) is 0 Å². The lowest BCUT2D eigenvalue weighted by atomic mass is 9.92. The summed E-state index contributed by atoms with van der Waals surface area (Å²) in [6.45, 7) is 1.47. The minimum Gasteiger partial charge on any atom is -0.347 e. The van der Waals surface area contributed by atoms with Gasteiger partial charge < -0.3 is 13.9 Å². The quantitative estimate of drug-likeness (QED) is 0.691. The first-order valence-corrected chi connectivity index (χ1v) is 6.22. The number of ether oxygens (including phenoxy) is 2. The Morgan fingerprint density at radius 2 is 2.06 bits per heavy atom. The molecule has 88 valence electrons. The number of pyridine rings is 1. The van der Waals surface area contributed by atoms with E-state index in [4.69, 9.17) is 9.47 Å². The fourth-order valence-electron chi connectivity index (χ4n) is 3.06. The van der Waals surface area contributed by atoms with Crippen LogP contribution in [0.4, 0.5) is 0 Å². The molecular weight excluding hydrogens is 214 g/mol. The fraction of sp³-hybridized carbons (Fsp3) is 0.429. The van der Waals surface area contributed by atoms with Gasteiger partial charge in [-0.3, -0.25) is 0 Å². The molecule has 0 atom stereocenters. The third-order valence-electron chi connectivity index (χ3n) is 3.90. The Morgan fingerprint density at radius 3 is 2.94 bits per heavy atom. The Kier molecular flexibility index (Phi) is 1.90. The third-order valence-corrected chi connectivity index (χ3v) is 3.90. The van der Waals surface area contributed by atoms with Crippen molar-refractivity contribution in [3.8, 4) is 0 Å². The molecule has 2 aromatic rings. The van der Waals surface area contributed by atoms with Crippen LogP contribution in [0.1, 0.15) is 17.7 Å². The molecule has 1 fully saturated rings. The van der Waals surface area contributed by atoms with Crippen LogP contribution >= 0.6 is 0 Å². The van der Waals surface area contributed by atoms with Gasteiger partial charge in [-0.05, 0) is 30.2 Å². The summed E-state index contributed by atoms with van der Waals surface area (Å²) >= 11 is 0. The monoisotopic (exact) mass is 229 g/mol. The van der Waals surface area contributed by atoms with Gasteiger partial charge in [-0.15, -0.1) is 0 Å². The van der Waals surface area contributed by atoms with E-state index in [0.717, 1.165) is 32.5 Å². The van der Waals surface area contributed by atoms with Crippen molar-refractivity contribution in [2.24, 2.45) is 0 Å². The highest BCUT2D eigenvalue weighted by molar-refractivity contribution is 5.54. The second-order valence-corrected chi connectivity index (χ2v) is 4.90. The van der Waals surface area contributed by atoms with Gasteiger partial charge in [0, 0.05) is 30.2 Å². The van der Waals surface area contributed by atoms with Crippen molar-refractivity contribution in [2.75, 3.05) is 13.2 Å². The van der Waals surface area contributed by atoms with Gasteiger partial charge in [-0.1, -0.05) is 6.07 Å². The Balaban J connectivity index is 1.85. The minimum atomic E-state index is -0.336. The van der Waals surface area contributed by atoms with E-state index in [1.54, 1.807) is 0 Å². The number of nitrogens with zero attached hydrogens (tertiary/aromatic N) is 1. The van der Waals surface area contributed by atoms with Gasteiger partial charge in [0.05, 0.1) is 13.2 Å². The molecule has 1 aliphatic carbocycles. The lowest BCUT2D eigenvalue weighted by Crippen LogP contribution is -2.37. The van der Waals surface area contributed by atoms with Crippen molar-refractivity contribution in [3.63, 3.8) is 0 Å². The molecule has 3 heteroatoms. The van der Waals surface area contributed by atoms with E-state index in [1.807, 2.05) is 0 Å². The number of aryl methyl sites for hydroxylation is 1.